The molecule has 2 rings (SSSR count). The molecule has 0 spiro atoms. The smallest absolute Gasteiger partial charge is 0.312 e. The van der Waals surface area contributed by atoms with Gasteiger partial charge in [0.05, 0.1) is 18.6 Å². The summed E-state index contributed by atoms with van der Waals surface area (Å²) in [5, 5.41) is 0. The molecular weight excluding hydrogens is 192 g/mol. The Kier molecular flexibility index (Phi) is 3.01. The second kappa shape index (κ2) is 4.12. The molecule has 15 heavy (non-hydrogen) atoms. The third kappa shape index (κ3) is 1.67. The number of hydrogen-bond acceptors (Lipinski definition) is 3. The van der Waals surface area contributed by atoms with E-state index in [1.54, 1.807) is 0 Å². The van der Waals surface area contributed by atoms with Gasteiger partial charge in [0.25, 0.3) is 0 Å². The number of hydrogen-bond donors (Lipinski definition) is 0. The van der Waals surface area contributed by atoms with Crippen molar-refractivity contribution in [3.05, 3.63) is 0 Å². The number of carbonyl (C=O) groups is 1. The summed E-state index contributed by atoms with van der Waals surface area (Å²) < 4.78 is 10.8. The molecule has 1 heterocycles. The minimum atomic E-state index is -0.0437. The quantitative estimate of drug-likeness (QED) is 0.670. The van der Waals surface area contributed by atoms with Crippen molar-refractivity contribution in [2.75, 3.05) is 13.2 Å². The molecule has 1 saturated carbocycles. The van der Waals surface area contributed by atoms with Gasteiger partial charge in [0.15, 0.2) is 0 Å². The molecule has 0 unspecified atom stereocenters. The Morgan fingerprint density at radius 2 is 2.33 bits per heavy atom. The lowest BCUT2D eigenvalue weighted by Crippen LogP contribution is -2.17. The number of rotatable bonds is 4. The van der Waals surface area contributed by atoms with E-state index in [2.05, 4.69) is 6.92 Å². The fourth-order valence-corrected chi connectivity index (χ4v) is 3.10. The van der Waals surface area contributed by atoms with Crippen LogP contribution in [0.1, 0.15) is 39.5 Å². The van der Waals surface area contributed by atoms with Crippen LogP contribution in [0.3, 0.4) is 0 Å². The summed E-state index contributed by atoms with van der Waals surface area (Å²) in [6.07, 6.45) is 4.60. The Morgan fingerprint density at radius 3 is 3.00 bits per heavy atom. The lowest BCUT2D eigenvalue weighted by Gasteiger charge is -2.20. The highest BCUT2D eigenvalue weighted by Gasteiger charge is 2.69. The molecule has 0 aromatic carbocycles. The maximum Gasteiger partial charge on any atom is 0.312 e. The molecule has 1 saturated heterocycles. The van der Waals surface area contributed by atoms with Gasteiger partial charge >= 0.3 is 5.97 Å². The first-order chi connectivity index (χ1) is 7.26. The van der Waals surface area contributed by atoms with E-state index in [1.807, 2.05) is 6.92 Å². The van der Waals surface area contributed by atoms with Gasteiger partial charge in [-0.3, -0.25) is 4.79 Å². The Balaban J connectivity index is 2.04. The normalized spacial score (nSPS) is 38.3. The number of carbonyl (C=O) groups excluding carboxylic acids is 1. The highest BCUT2D eigenvalue weighted by atomic mass is 16.5. The SMILES string of the molecule is CCC[C@@]12CCCO[C@@H]1[C@H]2C(=O)OCC. The predicted octanol–water partition coefficient (Wildman–Crippen LogP) is 2.14. The highest BCUT2D eigenvalue weighted by molar-refractivity contribution is 5.78. The molecule has 0 radical (unpaired) electrons. The monoisotopic (exact) mass is 212 g/mol. The second-order valence-corrected chi connectivity index (χ2v) is 4.61. The van der Waals surface area contributed by atoms with Crippen molar-refractivity contribution in [3.8, 4) is 0 Å². The van der Waals surface area contributed by atoms with Gasteiger partial charge in [0, 0.05) is 12.0 Å². The third-order valence-corrected chi connectivity index (χ3v) is 3.72. The van der Waals surface area contributed by atoms with Gasteiger partial charge < -0.3 is 9.47 Å². The Labute approximate surface area is 91.1 Å². The van der Waals surface area contributed by atoms with Crippen LogP contribution in [0.15, 0.2) is 0 Å². The second-order valence-electron chi connectivity index (χ2n) is 4.61. The Hall–Kier alpha value is -0.570. The molecule has 1 aliphatic carbocycles. The standard InChI is InChI=1S/C12H20O3/c1-3-6-12-7-5-8-15-10(12)9(12)11(13)14-4-2/h9-10H,3-8H2,1-2H3/t9-,10+,12-/m0/s1. The van der Waals surface area contributed by atoms with Crippen LogP contribution in [0.4, 0.5) is 0 Å². The highest BCUT2D eigenvalue weighted by Crippen LogP contribution is 2.63. The van der Waals surface area contributed by atoms with Crippen LogP contribution in [-0.2, 0) is 14.3 Å². The first-order valence-corrected chi connectivity index (χ1v) is 6.04. The van der Waals surface area contributed by atoms with Gasteiger partial charge in [0.2, 0.25) is 0 Å². The van der Waals surface area contributed by atoms with Crippen molar-refractivity contribution in [2.24, 2.45) is 11.3 Å². The van der Waals surface area contributed by atoms with Crippen LogP contribution in [0.5, 0.6) is 0 Å². The zero-order valence-electron chi connectivity index (χ0n) is 9.62. The average Bonchev–Trinajstić information content (AvgIpc) is 2.87. The van der Waals surface area contributed by atoms with E-state index in [0.717, 1.165) is 32.3 Å². The minimum Gasteiger partial charge on any atom is -0.466 e. The van der Waals surface area contributed by atoms with Crippen LogP contribution in [0.2, 0.25) is 0 Å². The Morgan fingerprint density at radius 1 is 1.53 bits per heavy atom. The summed E-state index contributed by atoms with van der Waals surface area (Å²) in [6.45, 7) is 5.31. The van der Waals surface area contributed by atoms with Crippen molar-refractivity contribution in [1.29, 1.82) is 0 Å². The molecule has 3 nitrogen and oxygen atoms in total. The molecule has 3 atom stereocenters. The summed E-state index contributed by atoms with van der Waals surface area (Å²) in [7, 11) is 0. The molecule has 0 aromatic rings. The number of fused-ring (bicyclic) bond motifs is 1. The van der Waals surface area contributed by atoms with Gasteiger partial charge in [-0.05, 0) is 26.2 Å². The van der Waals surface area contributed by atoms with Gasteiger partial charge in [-0.1, -0.05) is 13.3 Å². The van der Waals surface area contributed by atoms with E-state index < -0.39 is 0 Å². The minimum absolute atomic E-state index is 0.0277. The summed E-state index contributed by atoms with van der Waals surface area (Å²) in [5.74, 6) is -0.0160. The van der Waals surface area contributed by atoms with E-state index >= 15 is 0 Å². The molecule has 3 heteroatoms. The number of ether oxygens (including phenoxy) is 2. The first kappa shape index (κ1) is 10.9. The first-order valence-electron chi connectivity index (χ1n) is 6.04. The lowest BCUT2D eigenvalue weighted by molar-refractivity contribution is -0.146. The van der Waals surface area contributed by atoms with Crippen molar-refractivity contribution in [2.45, 2.75) is 45.6 Å². The summed E-state index contributed by atoms with van der Waals surface area (Å²) >= 11 is 0. The molecule has 0 amide bonds. The van der Waals surface area contributed by atoms with Crippen LogP contribution in [0.25, 0.3) is 0 Å². The molecule has 1 aliphatic heterocycles. The average molecular weight is 212 g/mol. The number of esters is 1. The van der Waals surface area contributed by atoms with Gasteiger partial charge in [-0.25, -0.2) is 0 Å². The molecule has 0 bridgehead atoms. The summed E-state index contributed by atoms with van der Waals surface area (Å²) in [4.78, 5) is 11.7. The van der Waals surface area contributed by atoms with E-state index in [9.17, 15) is 4.79 Å². The molecule has 0 aromatic heterocycles. The van der Waals surface area contributed by atoms with Crippen molar-refractivity contribution < 1.29 is 14.3 Å². The fraction of sp³-hybridized carbons (Fsp3) is 0.917. The van der Waals surface area contributed by atoms with E-state index in [4.69, 9.17) is 9.47 Å². The topological polar surface area (TPSA) is 35.5 Å². The van der Waals surface area contributed by atoms with E-state index in [-0.39, 0.29) is 23.4 Å². The molecule has 2 fully saturated rings. The van der Waals surface area contributed by atoms with E-state index in [0.29, 0.717) is 6.61 Å². The van der Waals surface area contributed by atoms with Gasteiger partial charge in [-0.2, -0.15) is 0 Å². The molecule has 0 N–H and O–H groups in total. The molecule has 86 valence electrons. The van der Waals surface area contributed by atoms with Crippen molar-refractivity contribution in [1.82, 2.24) is 0 Å². The molecular formula is C12H20O3. The van der Waals surface area contributed by atoms with Crippen LogP contribution in [0, 0.1) is 11.3 Å². The zero-order chi connectivity index (χ0) is 10.9. The van der Waals surface area contributed by atoms with Crippen LogP contribution in [-0.4, -0.2) is 25.3 Å². The van der Waals surface area contributed by atoms with Gasteiger partial charge in [-0.15, -0.1) is 0 Å². The maximum absolute atomic E-state index is 11.7. The summed E-state index contributed by atoms with van der Waals surface area (Å²) in [5.41, 5.74) is 0.138. The van der Waals surface area contributed by atoms with Crippen LogP contribution >= 0.6 is 0 Å². The van der Waals surface area contributed by atoms with Crippen molar-refractivity contribution in [3.63, 3.8) is 0 Å². The molecule has 2 aliphatic rings. The Bertz CT molecular complexity index is 247. The fourth-order valence-electron chi connectivity index (χ4n) is 3.10. The zero-order valence-corrected chi connectivity index (χ0v) is 9.62. The summed E-state index contributed by atoms with van der Waals surface area (Å²) in [6, 6.07) is 0. The lowest BCUT2D eigenvalue weighted by atomic mass is 9.91. The van der Waals surface area contributed by atoms with Crippen LogP contribution < -0.4 is 0 Å². The van der Waals surface area contributed by atoms with Crippen molar-refractivity contribution >= 4 is 5.97 Å². The predicted molar refractivity (Wildman–Crippen MR) is 56.4 cm³/mol. The van der Waals surface area contributed by atoms with E-state index in [1.165, 1.54) is 0 Å². The maximum atomic E-state index is 11.7. The third-order valence-electron chi connectivity index (χ3n) is 3.72. The largest absolute Gasteiger partial charge is 0.466 e. The van der Waals surface area contributed by atoms with Gasteiger partial charge in [0.1, 0.15) is 0 Å².